The molecule has 1 amide bonds. The van der Waals surface area contributed by atoms with Gasteiger partial charge in [0.1, 0.15) is 23.0 Å². The minimum Gasteiger partial charge on any atom is -0.390 e. The molecule has 0 bridgehead atoms. The Morgan fingerprint density at radius 2 is 1.79 bits per heavy atom. The summed E-state index contributed by atoms with van der Waals surface area (Å²) in [5, 5.41) is 12.8. The lowest BCUT2D eigenvalue weighted by molar-refractivity contribution is 0.0800. The molecule has 2 aromatic heterocycles. The molecular weight excluding hydrogens is 428 g/mol. The van der Waals surface area contributed by atoms with E-state index in [-0.39, 0.29) is 22.9 Å². The topological polar surface area (TPSA) is 127 Å². The summed E-state index contributed by atoms with van der Waals surface area (Å²) in [6.45, 7) is 1.75. The molecule has 4 rings (SSSR count). The van der Waals surface area contributed by atoms with E-state index in [0.717, 1.165) is 17.2 Å². The van der Waals surface area contributed by atoms with Crippen molar-refractivity contribution in [2.45, 2.75) is 43.9 Å². The summed E-state index contributed by atoms with van der Waals surface area (Å²) in [6, 6.07) is 7.40. The Labute approximate surface area is 189 Å². The maximum Gasteiger partial charge on any atom is 0.274 e. The lowest BCUT2D eigenvalue weighted by Crippen LogP contribution is -2.52. The largest absolute Gasteiger partial charge is 0.390 e. The van der Waals surface area contributed by atoms with Crippen molar-refractivity contribution < 1.29 is 18.7 Å². The molecule has 1 fully saturated rings. The van der Waals surface area contributed by atoms with Crippen LogP contribution in [0.3, 0.4) is 0 Å². The monoisotopic (exact) mass is 453 g/mol. The van der Waals surface area contributed by atoms with Gasteiger partial charge in [0.2, 0.25) is 0 Å². The number of nitrogens with two attached hydrogens (primary N) is 2. The van der Waals surface area contributed by atoms with Crippen molar-refractivity contribution in [2.24, 2.45) is 11.5 Å². The molecule has 2 unspecified atom stereocenters. The zero-order valence-corrected chi connectivity index (χ0v) is 18.0. The summed E-state index contributed by atoms with van der Waals surface area (Å²) in [5.74, 6) is -2.05. The molecule has 0 spiro atoms. The fraction of sp³-hybridized carbons (Fsp3) is 0.292. The molecule has 1 aliphatic rings. The summed E-state index contributed by atoms with van der Waals surface area (Å²) in [4.78, 5) is 21.1. The molecule has 3 aromatic rings. The highest BCUT2D eigenvalue weighted by Crippen LogP contribution is 2.35. The highest BCUT2D eigenvalue weighted by atomic mass is 19.1. The average Bonchev–Trinajstić information content (AvgIpc) is 2.79. The van der Waals surface area contributed by atoms with Crippen LogP contribution in [0.15, 0.2) is 48.8 Å². The number of carbonyl (C=O) groups is 1. The van der Waals surface area contributed by atoms with Crippen LogP contribution in [0.4, 0.5) is 14.5 Å². The lowest BCUT2D eigenvalue weighted by Gasteiger charge is -2.36. The molecule has 1 saturated carbocycles. The van der Waals surface area contributed by atoms with Gasteiger partial charge in [0.05, 0.1) is 18.0 Å². The van der Waals surface area contributed by atoms with Crippen molar-refractivity contribution in [3.8, 4) is 11.3 Å². The summed E-state index contributed by atoms with van der Waals surface area (Å²) < 4.78 is 28.8. The SMILES string of the molecule is Cc1ccc(F)c(-c2nc(C(=O)Nc3cnccc3C3C[C@@H](N)C(O)[C@@H](N)C3)ccc2F)c1. The molecule has 1 aromatic carbocycles. The van der Waals surface area contributed by atoms with Crippen LogP contribution in [0, 0.1) is 18.6 Å². The van der Waals surface area contributed by atoms with Crippen molar-refractivity contribution >= 4 is 11.6 Å². The molecule has 33 heavy (non-hydrogen) atoms. The lowest BCUT2D eigenvalue weighted by atomic mass is 9.77. The maximum atomic E-state index is 14.5. The second kappa shape index (κ2) is 9.30. The molecule has 0 saturated heterocycles. The Kier molecular flexibility index (Phi) is 6.46. The van der Waals surface area contributed by atoms with Crippen LogP contribution >= 0.6 is 0 Å². The van der Waals surface area contributed by atoms with Gasteiger partial charge in [-0.25, -0.2) is 13.8 Å². The number of nitrogens with one attached hydrogen (secondary N) is 1. The van der Waals surface area contributed by atoms with Crippen LogP contribution in [0.5, 0.6) is 0 Å². The Morgan fingerprint density at radius 1 is 1.09 bits per heavy atom. The quantitative estimate of drug-likeness (QED) is 0.481. The van der Waals surface area contributed by atoms with Gasteiger partial charge < -0.3 is 21.9 Å². The third kappa shape index (κ3) is 4.75. The van der Waals surface area contributed by atoms with Crippen molar-refractivity contribution in [1.82, 2.24) is 9.97 Å². The van der Waals surface area contributed by atoms with Crippen molar-refractivity contribution in [1.29, 1.82) is 0 Å². The molecule has 6 N–H and O–H groups in total. The smallest absolute Gasteiger partial charge is 0.274 e. The van der Waals surface area contributed by atoms with Gasteiger partial charge in [-0.1, -0.05) is 11.6 Å². The van der Waals surface area contributed by atoms with E-state index in [4.69, 9.17) is 11.5 Å². The number of hydrogen-bond acceptors (Lipinski definition) is 6. The Morgan fingerprint density at radius 3 is 2.52 bits per heavy atom. The van der Waals surface area contributed by atoms with Crippen molar-refractivity contribution in [3.63, 3.8) is 0 Å². The van der Waals surface area contributed by atoms with Crippen molar-refractivity contribution in [3.05, 3.63) is 77.2 Å². The van der Waals surface area contributed by atoms with Crippen LogP contribution in [0.2, 0.25) is 0 Å². The summed E-state index contributed by atoms with van der Waals surface area (Å²) in [5.41, 5.74) is 13.7. The molecule has 1 aliphatic carbocycles. The predicted molar refractivity (Wildman–Crippen MR) is 120 cm³/mol. The second-order valence-corrected chi connectivity index (χ2v) is 8.41. The molecule has 172 valence electrons. The van der Waals surface area contributed by atoms with Crippen LogP contribution in [0.25, 0.3) is 11.3 Å². The molecule has 9 heteroatoms. The van der Waals surface area contributed by atoms with E-state index in [9.17, 15) is 18.7 Å². The van der Waals surface area contributed by atoms with Gasteiger partial charge in [-0.05, 0) is 61.6 Å². The number of aliphatic hydroxyl groups is 1. The molecule has 0 radical (unpaired) electrons. The van der Waals surface area contributed by atoms with Gasteiger partial charge in [-0.2, -0.15) is 0 Å². The Bertz CT molecular complexity index is 1180. The van der Waals surface area contributed by atoms with E-state index in [1.165, 1.54) is 24.4 Å². The van der Waals surface area contributed by atoms with Gasteiger partial charge in [0.25, 0.3) is 5.91 Å². The van der Waals surface area contributed by atoms with Crippen LogP contribution in [0.1, 0.15) is 40.4 Å². The van der Waals surface area contributed by atoms with Crippen LogP contribution < -0.4 is 16.8 Å². The number of anilines is 1. The number of hydrogen-bond donors (Lipinski definition) is 4. The normalized spacial score (nSPS) is 22.7. The minimum atomic E-state index is -0.787. The average molecular weight is 453 g/mol. The third-order valence-corrected chi connectivity index (χ3v) is 5.99. The number of pyridine rings is 2. The highest BCUT2D eigenvalue weighted by molar-refractivity contribution is 6.03. The number of nitrogens with zero attached hydrogens (tertiary/aromatic N) is 2. The zero-order valence-electron chi connectivity index (χ0n) is 18.0. The number of aromatic nitrogens is 2. The summed E-state index contributed by atoms with van der Waals surface area (Å²) in [6.07, 6.45) is 3.30. The number of carbonyl (C=O) groups excluding carboxylic acids is 1. The Hall–Kier alpha value is -3.27. The van der Waals surface area contributed by atoms with Gasteiger partial charge in [0, 0.05) is 23.8 Å². The van der Waals surface area contributed by atoms with Crippen LogP contribution in [-0.4, -0.2) is 39.2 Å². The first-order valence-corrected chi connectivity index (χ1v) is 10.6. The molecule has 4 atom stereocenters. The first-order valence-electron chi connectivity index (χ1n) is 10.6. The number of halogens is 2. The first kappa shape index (κ1) is 22.9. The maximum absolute atomic E-state index is 14.5. The second-order valence-electron chi connectivity index (χ2n) is 8.41. The first-order chi connectivity index (χ1) is 15.7. The van der Waals surface area contributed by atoms with E-state index in [2.05, 4.69) is 15.3 Å². The van der Waals surface area contributed by atoms with Gasteiger partial charge in [-0.3, -0.25) is 9.78 Å². The standard InChI is InChI=1S/C24H25F2N5O2/c1-12-2-3-16(25)15(8-12)22-17(26)4-5-20(30-22)24(33)31-21-11-29-7-6-14(21)13-9-18(27)23(32)19(28)10-13/h2-8,11,13,18-19,23,32H,9-10,27-28H2,1H3,(H,31,33)/t13?,18-,19+,23?. The predicted octanol–water partition coefficient (Wildman–Crippen LogP) is 2.88. The molecule has 7 nitrogen and oxygen atoms in total. The minimum absolute atomic E-state index is 0.0204. The number of rotatable bonds is 4. The van der Waals surface area contributed by atoms with E-state index < -0.39 is 35.7 Å². The molecule has 0 aliphatic heterocycles. The van der Waals surface area contributed by atoms with E-state index >= 15 is 0 Å². The molecular formula is C24H25F2N5O2. The highest BCUT2D eigenvalue weighted by Gasteiger charge is 2.34. The van der Waals surface area contributed by atoms with E-state index in [0.29, 0.717) is 18.5 Å². The van der Waals surface area contributed by atoms with Crippen molar-refractivity contribution in [2.75, 3.05) is 5.32 Å². The van der Waals surface area contributed by atoms with Crippen LogP contribution in [-0.2, 0) is 0 Å². The van der Waals surface area contributed by atoms with Gasteiger partial charge in [-0.15, -0.1) is 0 Å². The van der Waals surface area contributed by atoms with E-state index in [1.807, 2.05) is 0 Å². The Balaban J connectivity index is 1.62. The number of amides is 1. The third-order valence-electron chi connectivity index (χ3n) is 5.99. The van der Waals surface area contributed by atoms with Gasteiger partial charge in [0.15, 0.2) is 0 Å². The van der Waals surface area contributed by atoms with E-state index in [1.54, 1.807) is 25.3 Å². The summed E-state index contributed by atoms with van der Waals surface area (Å²) in [7, 11) is 0. The van der Waals surface area contributed by atoms with Gasteiger partial charge >= 0.3 is 0 Å². The summed E-state index contributed by atoms with van der Waals surface area (Å²) >= 11 is 0. The number of benzene rings is 1. The fourth-order valence-corrected chi connectivity index (χ4v) is 4.23. The number of aliphatic hydroxyl groups excluding tert-OH is 1. The molecule has 2 heterocycles. The number of aryl methyl sites for hydroxylation is 1. The fourth-order valence-electron chi connectivity index (χ4n) is 4.23. The zero-order chi connectivity index (χ0) is 23.7.